The second-order valence-electron chi connectivity index (χ2n) is 5.90. The highest BCUT2D eigenvalue weighted by molar-refractivity contribution is 5.02. The van der Waals surface area contributed by atoms with Gasteiger partial charge in [-0.15, -0.1) is 0 Å². The lowest BCUT2D eigenvalue weighted by atomic mass is 10.0. The monoisotopic (exact) mass is 246 g/mol. The Morgan fingerprint density at radius 2 is 2.33 bits per heavy atom. The largest absolute Gasteiger partial charge is 0.337 e. The summed E-state index contributed by atoms with van der Waals surface area (Å²) in [5.74, 6) is 0.664. The van der Waals surface area contributed by atoms with Crippen molar-refractivity contribution in [2.45, 2.75) is 46.2 Å². The van der Waals surface area contributed by atoms with E-state index in [1.165, 1.54) is 12.8 Å². The van der Waals surface area contributed by atoms with E-state index in [9.17, 15) is 0 Å². The van der Waals surface area contributed by atoms with Crippen molar-refractivity contribution in [2.24, 2.45) is 11.3 Å². The minimum atomic E-state index is 0.248. The maximum atomic E-state index is 8.81. The molecule has 0 bridgehead atoms. The van der Waals surface area contributed by atoms with Gasteiger partial charge in [-0.1, -0.05) is 13.8 Å². The maximum absolute atomic E-state index is 8.81. The van der Waals surface area contributed by atoms with Crippen LogP contribution in [0.1, 0.15) is 38.8 Å². The van der Waals surface area contributed by atoms with E-state index < -0.39 is 0 Å². The molecular formula is C14H22N4. The fraction of sp³-hybridized carbons (Fsp3) is 0.714. The van der Waals surface area contributed by atoms with Gasteiger partial charge in [-0.25, -0.2) is 4.98 Å². The Bertz CT molecular complexity index is 423. The zero-order chi connectivity index (χ0) is 13.0. The van der Waals surface area contributed by atoms with Gasteiger partial charge in [0.1, 0.15) is 0 Å². The van der Waals surface area contributed by atoms with Crippen LogP contribution < -0.4 is 5.32 Å². The molecule has 0 amide bonds. The van der Waals surface area contributed by atoms with Crippen LogP contribution in [0.2, 0.25) is 0 Å². The Morgan fingerprint density at radius 3 is 2.94 bits per heavy atom. The molecule has 0 spiro atoms. The standard InChI is InChI=1S/C14H22N4/c1-12(2)7-16-8-13-9-18(11-17-13)10-14(3-4-14)5-6-15/h9,11-12,16H,3-5,7-8,10H2,1-2H3. The third-order valence-electron chi connectivity index (χ3n) is 3.47. The first-order valence-electron chi connectivity index (χ1n) is 6.72. The van der Waals surface area contributed by atoms with Gasteiger partial charge in [0.15, 0.2) is 0 Å². The van der Waals surface area contributed by atoms with Crippen molar-refractivity contribution in [1.82, 2.24) is 14.9 Å². The van der Waals surface area contributed by atoms with Crippen LogP contribution >= 0.6 is 0 Å². The Balaban J connectivity index is 1.81. The quantitative estimate of drug-likeness (QED) is 0.803. The number of nitrogens with one attached hydrogen (secondary N) is 1. The number of hydrogen-bond acceptors (Lipinski definition) is 3. The normalized spacial score (nSPS) is 16.8. The van der Waals surface area contributed by atoms with E-state index >= 15 is 0 Å². The van der Waals surface area contributed by atoms with Crippen LogP contribution in [0.25, 0.3) is 0 Å². The summed E-state index contributed by atoms with van der Waals surface area (Å²) in [6.07, 6.45) is 7.03. The number of rotatable bonds is 7. The molecule has 4 heteroatoms. The van der Waals surface area contributed by atoms with Crippen LogP contribution in [0.3, 0.4) is 0 Å². The molecule has 0 radical (unpaired) electrons. The summed E-state index contributed by atoms with van der Waals surface area (Å²) in [5, 5.41) is 12.2. The van der Waals surface area contributed by atoms with Crippen molar-refractivity contribution < 1.29 is 0 Å². The van der Waals surface area contributed by atoms with Gasteiger partial charge in [0.05, 0.1) is 18.1 Å². The zero-order valence-corrected chi connectivity index (χ0v) is 11.3. The molecule has 1 aliphatic rings. The second kappa shape index (κ2) is 5.53. The van der Waals surface area contributed by atoms with Crippen molar-refractivity contribution in [1.29, 1.82) is 5.26 Å². The molecular weight excluding hydrogens is 224 g/mol. The lowest BCUT2D eigenvalue weighted by Crippen LogP contribution is -2.19. The topological polar surface area (TPSA) is 53.6 Å². The minimum Gasteiger partial charge on any atom is -0.337 e. The van der Waals surface area contributed by atoms with Gasteiger partial charge in [0.25, 0.3) is 0 Å². The minimum absolute atomic E-state index is 0.248. The first-order valence-corrected chi connectivity index (χ1v) is 6.72. The third kappa shape index (κ3) is 3.58. The summed E-state index contributed by atoms with van der Waals surface area (Å²) in [4.78, 5) is 4.40. The molecule has 2 rings (SSSR count). The summed E-state index contributed by atoms with van der Waals surface area (Å²) >= 11 is 0. The van der Waals surface area contributed by atoms with Gasteiger partial charge in [0.2, 0.25) is 0 Å². The van der Waals surface area contributed by atoms with E-state index in [2.05, 4.69) is 41.0 Å². The number of aromatic nitrogens is 2. The van der Waals surface area contributed by atoms with E-state index in [4.69, 9.17) is 5.26 Å². The van der Waals surface area contributed by atoms with E-state index in [-0.39, 0.29) is 5.41 Å². The molecule has 0 saturated heterocycles. The van der Waals surface area contributed by atoms with Gasteiger partial charge in [-0.05, 0) is 25.3 Å². The lowest BCUT2D eigenvalue weighted by Gasteiger charge is -2.10. The van der Waals surface area contributed by atoms with E-state index in [0.29, 0.717) is 12.3 Å². The van der Waals surface area contributed by atoms with Crippen molar-refractivity contribution in [2.75, 3.05) is 6.54 Å². The van der Waals surface area contributed by atoms with Gasteiger partial charge < -0.3 is 9.88 Å². The molecule has 1 fully saturated rings. The molecule has 1 N–H and O–H groups in total. The predicted octanol–water partition coefficient (Wildman–Crippen LogP) is 2.32. The van der Waals surface area contributed by atoms with E-state index in [1.54, 1.807) is 0 Å². The van der Waals surface area contributed by atoms with Crippen LogP contribution in [-0.4, -0.2) is 16.1 Å². The molecule has 0 aromatic carbocycles. The van der Waals surface area contributed by atoms with Crippen LogP contribution in [0, 0.1) is 22.7 Å². The molecule has 0 atom stereocenters. The Kier molecular flexibility index (Phi) is 4.03. The molecule has 1 aliphatic carbocycles. The maximum Gasteiger partial charge on any atom is 0.0950 e. The third-order valence-corrected chi connectivity index (χ3v) is 3.47. The average molecular weight is 246 g/mol. The average Bonchev–Trinajstić information content (AvgIpc) is 2.90. The Hall–Kier alpha value is -1.34. The van der Waals surface area contributed by atoms with Crippen LogP contribution in [0.5, 0.6) is 0 Å². The van der Waals surface area contributed by atoms with Crippen molar-refractivity contribution in [3.8, 4) is 6.07 Å². The smallest absolute Gasteiger partial charge is 0.0950 e. The van der Waals surface area contributed by atoms with Crippen LogP contribution in [0.15, 0.2) is 12.5 Å². The molecule has 98 valence electrons. The van der Waals surface area contributed by atoms with E-state index in [1.807, 2.05) is 6.33 Å². The van der Waals surface area contributed by atoms with Gasteiger partial charge in [-0.3, -0.25) is 0 Å². The van der Waals surface area contributed by atoms with E-state index in [0.717, 1.165) is 25.3 Å². The summed E-state index contributed by atoms with van der Waals surface area (Å²) in [6, 6.07) is 2.30. The number of nitriles is 1. The Labute approximate surface area is 109 Å². The molecule has 18 heavy (non-hydrogen) atoms. The molecule has 1 aromatic heterocycles. The molecule has 1 aromatic rings. The number of imidazole rings is 1. The highest BCUT2D eigenvalue weighted by atomic mass is 15.1. The van der Waals surface area contributed by atoms with Crippen LogP contribution in [-0.2, 0) is 13.1 Å². The highest BCUT2D eigenvalue weighted by Gasteiger charge is 2.42. The SMILES string of the molecule is CC(C)CNCc1cn(CC2(CC#N)CC2)cn1. The van der Waals surface area contributed by atoms with Crippen molar-refractivity contribution in [3.63, 3.8) is 0 Å². The van der Waals surface area contributed by atoms with Gasteiger partial charge in [0, 0.05) is 31.1 Å². The molecule has 0 aliphatic heterocycles. The first kappa shape index (κ1) is 13.1. The van der Waals surface area contributed by atoms with Gasteiger partial charge >= 0.3 is 0 Å². The molecule has 1 saturated carbocycles. The lowest BCUT2D eigenvalue weighted by molar-refractivity contribution is 0.431. The van der Waals surface area contributed by atoms with Crippen molar-refractivity contribution >= 4 is 0 Å². The fourth-order valence-electron chi connectivity index (χ4n) is 2.20. The fourth-order valence-corrected chi connectivity index (χ4v) is 2.20. The summed E-state index contributed by atoms with van der Waals surface area (Å²) in [7, 11) is 0. The number of nitrogens with zero attached hydrogens (tertiary/aromatic N) is 3. The molecule has 4 nitrogen and oxygen atoms in total. The van der Waals surface area contributed by atoms with Crippen molar-refractivity contribution in [3.05, 3.63) is 18.2 Å². The molecule has 0 unspecified atom stereocenters. The predicted molar refractivity (Wildman–Crippen MR) is 70.7 cm³/mol. The highest BCUT2D eigenvalue weighted by Crippen LogP contribution is 2.49. The molecule has 1 heterocycles. The second-order valence-corrected chi connectivity index (χ2v) is 5.90. The first-order chi connectivity index (χ1) is 8.63. The van der Waals surface area contributed by atoms with Gasteiger partial charge in [-0.2, -0.15) is 5.26 Å². The summed E-state index contributed by atoms with van der Waals surface area (Å²) in [6.45, 7) is 7.19. The zero-order valence-electron chi connectivity index (χ0n) is 11.3. The summed E-state index contributed by atoms with van der Waals surface area (Å²) < 4.78 is 2.14. The number of hydrogen-bond donors (Lipinski definition) is 1. The Morgan fingerprint density at radius 1 is 1.56 bits per heavy atom. The summed E-state index contributed by atoms with van der Waals surface area (Å²) in [5.41, 5.74) is 1.33. The van der Waals surface area contributed by atoms with Crippen LogP contribution in [0.4, 0.5) is 0 Å².